The third kappa shape index (κ3) is 2.98. The first-order valence-electron chi connectivity index (χ1n) is 6.19. The fraction of sp³-hybridized carbons (Fsp3) is 0.357. The monoisotopic (exact) mass is 265 g/mol. The molecular formula is C14H17F2N3. The molecule has 2 rings (SSSR count). The first kappa shape index (κ1) is 13.7. The van der Waals surface area contributed by atoms with Gasteiger partial charge in [0.25, 0.3) is 0 Å². The Kier molecular flexibility index (Phi) is 3.95. The van der Waals surface area contributed by atoms with Gasteiger partial charge < -0.3 is 5.32 Å². The normalized spacial score (nSPS) is 11.3. The molecule has 0 bridgehead atoms. The molecular weight excluding hydrogens is 248 g/mol. The first-order valence-corrected chi connectivity index (χ1v) is 6.19. The van der Waals surface area contributed by atoms with Crippen molar-refractivity contribution in [2.45, 2.75) is 26.4 Å². The Morgan fingerprint density at radius 3 is 2.74 bits per heavy atom. The summed E-state index contributed by atoms with van der Waals surface area (Å²) in [5, 5.41) is 7.48. The van der Waals surface area contributed by atoms with Gasteiger partial charge in [-0.25, -0.2) is 8.78 Å². The van der Waals surface area contributed by atoms with Crippen molar-refractivity contribution in [3.05, 3.63) is 41.6 Å². The number of nitrogens with zero attached hydrogens (tertiary/aromatic N) is 2. The summed E-state index contributed by atoms with van der Waals surface area (Å²) >= 11 is 0. The van der Waals surface area contributed by atoms with Gasteiger partial charge in [0.1, 0.15) is 0 Å². The van der Waals surface area contributed by atoms with E-state index in [2.05, 4.69) is 10.4 Å². The highest BCUT2D eigenvalue weighted by molar-refractivity contribution is 5.63. The van der Waals surface area contributed by atoms with Gasteiger partial charge in [-0.05, 0) is 12.1 Å². The Bertz CT molecular complexity index is 576. The number of nitrogens with one attached hydrogen (secondary N) is 1. The van der Waals surface area contributed by atoms with Crippen LogP contribution in [-0.4, -0.2) is 15.8 Å². The average Bonchev–Trinajstić information content (AvgIpc) is 2.71. The molecule has 19 heavy (non-hydrogen) atoms. The highest BCUT2D eigenvalue weighted by atomic mass is 19.2. The maximum Gasteiger partial charge on any atom is 0.168 e. The van der Waals surface area contributed by atoms with E-state index in [-0.39, 0.29) is 5.56 Å². The summed E-state index contributed by atoms with van der Waals surface area (Å²) in [5.74, 6) is -1.71. The van der Waals surface area contributed by atoms with E-state index < -0.39 is 11.6 Å². The van der Waals surface area contributed by atoms with Crippen molar-refractivity contribution >= 4 is 0 Å². The van der Waals surface area contributed by atoms with Crippen LogP contribution in [-0.2, 0) is 13.6 Å². The molecule has 0 saturated carbocycles. The lowest BCUT2D eigenvalue weighted by Gasteiger charge is -2.08. The van der Waals surface area contributed by atoms with Crippen LogP contribution >= 0.6 is 0 Å². The summed E-state index contributed by atoms with van der Waals surface area (Å²) in [6.07, 6.45) is 1.81. The molecule has 0 aliphatic rings. The van der Waals surface area contributed by atoms with Crippen molar-refractivity contribution in [1.82, 2.24) is 15.1 Å². The van der Waals surface area contributed by atoms with Gasteiger partial charge >= 0.3 is 0 Å². The zero-order valence-corrected chi connectivity index (χ0v) is 11.2. The molecule has 0 aliphatic carbocycles. The van der Waals surface area contributed by atoms with E-state index >= 15 is 0 Å². The number of aromatic nitrogens is 2. The van der Waals surface area contributed by atoms with Crippen LogP contribution in [0.3, 0.4) is 0 Å². The van der Waals surface area contributed by atoms with Crippen molar-refractivity contribution in [2.75, 3.05) is 0 Å². The van der Waals surface area contributed by atoms with Crippen LogP contribution in [0.15, 0.2) is 24.4 Å². The molecule has 0 aliphatic heterocycles. The molecule has 0 unspecified atom stereocenters. The Balaban J connectivity index is 2.41. The summed E-state index contributed by atoms with van der Waals surface area (Å²) in [6.45, 7) is 4.62. The molecule has 0 fully saturated rings. The van der Waals surface area contributed by atoms with Crippen LogP contribution in [0.1, 0.15) is 19.4 Å². The highest BCUT2D eigenvalue weighted by Crippen LogP contribution is 2.26. The standard InChI is InChI=1S/C14H17F2N3/c1-9(2)17-7-10-8-19(3)18-14(10)11-5-4-6-12(15)13(11)16/h4-6,8-9,17H,7H2,1-3H3. The smallest absolute Gasteiger partial charge is 0.168 e. The molecule has 0 saturated heterocycles. The second kappa shape index (κ2) is 5.48. The lowest BCUT2D eigenvalue weighted by molar-refractivity contribution is 0.510. The Morgan fingerprint density at radius 2 is 2.05 bits per heavy atom. The van der Waals surface area contributed by atoms with Crippen LogP contribution in [0.2, 0.25) is 0 Å². The Labute approximate surface area is 111 Å². The van der Waals surface area contributed by atoms with E-state index in [1.54, 1.807) is 17.8 Å². The quantitative estimate of drug-likeness (QED) is 0.921. The maximum atomic E-state index is 13.8. The summed E-state index contributed by atoms with van der Waals surface area (Å²) in [6, 6.07) is 4.45. The van der Waals surface area contributed by atoms with E-state index in [9.17, 15) is 8.78 Å². The van der Waals surface area contributed by atoms with E-state index in [0.717, 1.165) is 11.6 Å². The molecule has 1 aromatic carbocycles. The van der Waals surface area contributed by atoms with Gasteiger partial charge in [-0.1, -0.05) is 19.9 Å². The van der Waals surface area contributed by atoms with Gasteiger partial charge in [-0.3, -0.25) is 4.68 Å². The minimum absolute atomic E-state index is 0.196. The third-order valence-corrected chi connectivity index (χ3v) is 2.81. The fourth-order valence-corrected chi connectivity index (χ4v) is 1.89. The zero-order valence-electron chi connectivity index (χ0n) is 11.2. The molecule has 0 amide bonds. The first-order chi connectivity index (χ1) is 8.99. The summed E-state index contributed by atoms with van der Waals surface area (Å²) in [5.41, 5.74) is 1.52. The second-order valence-electron chi connectivity index (χ2n) is 4.81. The molecule has 2 aromatic rings. The van der Waals surface area contributed by atoms with Gasteiger partial charge in [0, 0.05) is 37.0 Å². The number of rotatable bonds is 4. The number of hydrogen-bond donors (Lipinski definition) is 1. The summed E-state index contributed by atoms with van der Waals surface area (Å²) in [4.78, 5) is 0. The number of aryl methyl sites for hydroxylation is 1. The van der Waals surface area contributed by atoms with Gasteiger partial charge in [-0.15, -0.1) is 0 Å². The lowest BCUT2D eigenvalue weighted by Crippen LogP contribution is -2.21. The number of hydrogen-bond acceptors (Lipinski definition) is 2. The largest absolute Gasteiger partial charge is 0.310 e. The number of benzene rings is 1. The van der Waals surface area contributed by atoms with Crippen molar-refractivity contribution in [3.63, 3.8) is 0 Å². The van der Waals surface area contributed by atoms with Crippen molar-refractivity contribution in [2.24, 2.45) is 7.05 Å². The molecule has 1 heterocycles. The zero-order chi connectivity index (χ0) is 14.0. The fourth-order valence-electron chi connectivity index (χ4n) is 1.89. The van der Waals surface area contributed by atoms with Gasteiger partial charge in [0.05, 0.1) is 5.69 Å². The Hall–Kier alpha value is -1.75. The van der Waals surface area contributed by atoms with Gasteiger partial charge in [-0.2, -0.15) is 5.10 Å². The molecule has 102 valence electrons. The third-order valence-electron chi connectivity index (χ3n) is 2.81. The van der Waals surface area contributed by atoms with Gasteiger partial charge in [0.2, 0.25) is 0 Å². The maximum absolute atomic E-state index is 13.8. The van der Waals surface area contributed by atoms with E-state index in [1.165, 1.54) is 6.07 Å². The lowest BCUT2D eigenvalue weighted by atomic mass is 10.1. The minimum atomic E-state index is -0.856. The summed E-state index contributed by atoms with van der Waals surface area (Å²) < 4.78 is 28.7. The molecule has 3 nitrogen and oxygen atoms in total. The van der Waals surface area contributed by atoms with Crippen LogP contribution < -0.4 is 5.32 Å². The number of halogens is 2. The highest BCUT2D eigenvalue weighted by Gasteiger charge is 2.16. The van der Waals surface area contributed by atoms with Crippen LogP contribution in [0, 0.1) is 11.6 Å². The van der Waals surface area contributed by atoms with E-state index in [4.69, 9.17) is 0 Å². The molecule has 1 aromatic heterocycles. The van der Waals surface area contributed by atoms with Crippen molar-refractivity contribution < 1.29 is 8.78 Å². The summed E-state index contributed by atoms with van der Waals surface area (Å²) in [7, 11) is 1.76. The predicted octanol–water partition coefficient (Wildman–Crippen LogP) is 2.86. The van der Waals surface area contributed by atoms with E-state index in [0.29, 0.717) is 18.3 Å². The van der Waals surface area contributed by atoms with Crippen molar-refractivity contribution in [3.8, 4) is 11.3 Å². The molecule has 0 spiro atoms. The van der Waals surface area contributed by atoms with Crippen molar-refractivity contribution in [1.29, 1.82) is 0 Å². The second-order valence-corrected chi connectivity index (χ2v) is 4.81. The van der Waals surface area contributed by atoms with E-state index in [1.807, 2.05) is 20.0 Å². The predicted molar refractivity (Wildman–Crippen MR) is 70.5 cm³/mol. The van der Waals surface area contributed by atoms with Gasteiger partial charge in [0.15, 0.2) is 11.6 Å². The Morgan fingerprint density at radius 1 is 1.32 bits per heavy atom. The SMILES string of the molecule is CC(C)NCc1cn(C)nc1-c1cccc(F)c1F. The molecule has 5 heteroatoms. The van der Waals surface area contributed by atoms with Crippen LogP contribution in [0.25, 0.3) is 11.3 Å². The topological polar surface area (TPSA) is 29.9 Å². The molecule has 0 radical (unpaired) electrons. The average molecular weight is 265 g/mol. The van der Waals surface area contributed by atoms with Crippen LogP contribution in [0.5, 0.6) is 0 Å². The molecule has 1 N–H and O–H groups in total. The van der Waals surface area contributed by atoms with Crippen LogP contribution in [0.4, 0.5) is 8.78 Å². The molecule has 0 atom stereocenters. The minimum Gasteiger partial charge on any atom is -0.310 e.